The van der Waals surface area contributed by atoms with Crippen LogP contribution >= 0.6 is 0 Å². The third-order valence-electron chi connectivity index (χ3n) is 3.38. The monoisotopic (exact) mass is 287 g/mol. The van der Waals surface area contributed by atoms with Gasteiger partial charge in [-0.05, 0) is 23.3 Å². The lowest BCUT2D eigenvalue weighted by atomic mass is 9.99. The minimum absolute atomic E-state index is 0.0122. The molecule has 0 spiro atoms. The van der Waals surface area contributed by atoms with Crippen molar-refractivity contribution < 1.29 is 27.4 Å². The van der Waals surface area contributed by atoms with E-state index in [4.69, 9.17) is 9.47 Å². The van der Waals surface area contributed by atoms with Crippen LogP contribution < -0.4 is 5.32 Å². The van der Waals surface area contributed by atoms with E-state index in [9.17, 15) is 18.0 Å². The minimum Gasteiger partial charge on any atom is -0.376 e. The summed E-state index contributed by atoms with van der Waals surface area (Å²) in [4.78, 5) is 11.6. The molecule has 0 bridgehead atoms. The van der Waals surface area contributed by atoms with Gasteiger partial charge in [0.2, 0.25) is 0 Å². The predicted molar refractivity (Wildman–Crippen MR) is 62.0 cm³/mol. The summed E-state index contributed by atoms with van der Waals surface area (Å²) >= 11 is 0. The summed E-state index contributed by atoms with van der Waals surface area (Å²) in [5.74, 6) is -0.473. The predicted octanol–water partition coefficient (Wildman–Crippen LogP) is 1.86. The van der Waals surface area contributed by atoms with Crippen LogP contribution in [0.15, 0.2) is 12.1 Å². The average Bonchev–Trinajstić information content (AvgIpc) is 2.67. The second-order valence-electron chi connectivity index (χ2n) is 4.82. The van der Waals surface area contributed by atoms with Gasteiger partial charge in [0.05, 0.1) is 25.4 Å². The van der Waals surface area contributed by atoms with Gasteiger partial charge in [-0.3, -0.25) is 4.79 Å². The second kappa shape index (κ2) is 4.75. The molecule has 1 aromatic carbocycles. The first-order valence-electron chi connectivity index (χ1n) is 6.15. The third-order valence-corrected chi connectivity index (χ3v) is 3.38. The molecule has 2 aliphatic heterocycles. The van der Waals surface area contributed by atoms with E-state index in [1.54, 1.807) is 0 Å². The quantitative estimate of drug-likeness (QED) is 0.923. The van der Waals surface area contributed by atoms with E-state index in [1.807, 2.05) is 0 Å². The van der Waals surface area contributed by atoms with E-state index in [0.29, 0.717) is 18.8 Å². The largest absolute Gasteiger partial charge is 0.416 e. The fourth-order valence-electron chi connectivity index (χ4n) is 2.25. The van der Waals surface area contributed by atoms with Crippen molar-refractivity contribution >= 4 is 5.91 Å². The topological polar surface area (TPSA) is 47.6 Å². The molecule has 4 nitrogen and oxygen atoms in total. The molecule has 1 N–H and O–H groups in total. The normalized spacial score (nSPS) is 18.6. The zero-order valence-electron chi connectivity index (χ0n) is 10.4. The average molecular weight is 287 g/mol. The van der Waals surface area contributed by atoms with Gasteiger partial charge in [0, 0.05) is 12.1 Å². The standard InChI is InChI=1S/C13H12F3NO3/c14-13(15,16)11-2-7(4-20-8-5-19-6-8)1-9-10(11)3-17-12(9)18/h1-2,8H,3-6H2,(H,17,18). The number of alkyl halides is 3. The molecule has 0 saturated carbocycles. The number of fused-ring (bicyclic) bond motifs is 1. The maximum absolute atomic E-state index is 13.0. The van der Waals surface area contributed by atoms with Crippen molar-refractivity contribution in [1.82, 2.24) is 5.32 Å². The highest BCUT2D eigenvalue weighted by Gasteiger charge is 2.37. The van der Waals surface area contributed by atoms with E-state index in [2.05, 4.69) is 5.32 Å². The zero-order chi connectivity index (χ0) is 14.3. The number of amides is 1. The molecular weight excluding hydrogens is 275 g/mol. The van der Waals surface area contributed by atoms with Crippen molar-refractivity contribution in [3.63, 3.8) is 0 Å². The van der Waals surface area contributed by atoms with Crippen LogP contribution in [0.1, 0.15) is 27.0 Å². The summed E-state index contributed by atoms with van der Waals surface area (Å²) in [6, 6.07) is 2.52. The Balaban J connectivity index is 1.91. The molecule has 108 valence electrons. The van der Waals surface area contributed by atoms with E-state index in [0.717, 1.165) is 6.07 Å². The Morgan fingerprint density at radius 3 is 2.70 bits per heavy atom. The van der Waals surface area contributed by atoms with Gasteiger partial charge in [0.25, 0.3) is 5.91 Å². The van der Waals surface area contributed by atoms with Crippen molar-refractivity contribution in [3.8, 4) is 0 Å². The first-order chi connectivity index (χ1) is 9.45. The first kappa shape index (κ1) is 13.4. The number of halogens is 3. The highest BCUT2D eigenvalue weighted by atomic mass is 19.4. The third kappa shape index (κ3) is 2.38. The van der Waals surface area contributed by atoms with Gasteiger partial charge in [-0.25, -0.2) is 0 Å². The van der Waals surface area contributed by atoms with Crippen LogP contribution in [-0.4, -0.2) is 25.2 Å². The number of benzene rings is 1. The molecule has 1 saturated heterocycles. The van der Waals surface area contributed by atoms with E-state index in [-0.39, 0.29) is 30.4 Å². The van der Waals surface area contributed by atoms with Crippen molar-refractivity contribution in [3.05, 3.63) is 34.4 Å². The van der Waals surface area contributed by atoms with Crippen molar-refractivity contribution in [2.75, 3.05) is 13.2 Å². The Bertz CT molecular complexity index is 553. The zero-order valence-corrected chi connectivity index (χ0v) is 10.4. The molecule has 0 radical (unpaired) electrons. The molecule has 1 amide bonds. The fraction of sp³-hybridized carbons (Fsp3) is 0.462. The summed E-state index contributed by atoms with van der Waals surface area (Å²) < 4.78 is 49.4. The molecule has 2 heterocycles. The molecule has 7 heteroatoms. The Hall–Kier alpha value is -1.60. The maximum atomic E-state index is 13.0. The summed E-state index contributed by atoms with van der Waals surface area (Å²) in [6.45, 7) is 0.868. The fourth-order valence-corrected chi connectivity index (χ4v) is 2.25. The first-order valence-corrected chi connectivity index (χ1v) is 6.15. The number of carbonyl (C=O) groups is 1. The van der Waals surface area contributed by atoms with Crippen LogP contribution in [0.2, 0.25) is 0 Å². The van der Waals surface area contributed by atoms with Gasteiger partial charge < -0.3 is 14.8 Å². The highest BCUT2D eigenvalue weighted by Crippen LogP contribution is 2.36. The van der Waals surface area contributed by atoms with Gasteiger partial charge in [0.15, 0.2) is 0 Å². The number of ether oxygens (including phenoxy) is 2. The SMILES string of the molecule is O=C1NCc2c1cc(COC1COC1)cc2C(F)(F)F. The minimum atomic E-state index is -4.48. The Kier molecular flexibility index (Phi) is 3.18. The van der Waals surface area contributed by atoms with Crippen molar-refractivity contribution in [2.24, 2.45) is 0 Å². The molecule has 0 atom stereocenters. The second-order valence-corrected chi connectivity index (χ2v) is 4.82. The number of hydrogen-bond donors (Lipinski definition) is 1. The van der Waals surface area contributed by atoms with Gasteiger partial charge in [-0.2, -0.15) is 13.2 Å². The molecule has 0 aromatic heterocycles. The van der Waals surface area contributed by atoms with E-state index in [1.165, 1.54) is 6.07 Å². The summed E-state index contributed by atoms with van der Waals surface area (Å²) in [6.07, 6.45) is -4.56. The van der Waals surface area contributed by atoms with Crippen molar-refractivity contribution in [2.45, 2.75) is 25.4 Å². The maximum Gasteiger partial charge on any atom is 0.416 e. The smallest absolute Gasteiger partial charge is 0.376 e. The van der Waals surface area contributed by atoms with E-state index < -0.39 is 17.6 Å². The molecule has 3 rings (SSSR count). The molecule has 0 unspecified atom stereocenters. The van der Waals surface area contributed by atoms with Crippen LogP contribution in [0.5, 0.6) is 0 Å². The highest BCUT2D eigenvalue weighted by molar-refractivity contribution is 5.99. The van der Waals surface area contributed by atoms with Gasteiger partial charge in [0.1, 0.15) is 6.10 Å². The number of carbonyl (C=O) groups excluding carboxylic acids is 1. The van der Waals surface area contributed by atoms with Crippen LogP contribution in [0.4, 0.5) is 13.2 Å². The van der Waals surface area contributed by atoms with Crippen LogP contribution in [0.3, 0.4) is 0 Å². The van der Waals surface area contributed by atoms with Gasteiger partial charge in [-0.1, -0.05) is 0 Å². The number of nitrogens with one attached hydrogen (secondary N) is 1. The van der Waals surface area contributed by atoms with Crippen LogP contribution in [0.25, 0.3) is 0 Å². The lowest BCUT2D eigenvalue weighted by Crippen LogP contribution is -2.35. The summed E-state index contributed by atoms with van der Waals surface area (Å²) in [7, 11) is 0. The van der Waals surface area contributed by atoms with Crippen LogP contribution in [0, 0.1) is 0 Å². The molecule has 20 heavy (non-hydrogen) atoms. The Morgan fingerprint density at radius 1 is 1.35 bits per heavy atom. The number of rotatable bonds is 3. The van der Waals surface area contributed by atoms with E-state index >= 15 is 0 Å². The number of hydrogen-bond acceptors (Lipinski definition) is 3. The van der Waals surface area contributed by atoms with Gasteiger partial charge in [-0.15, -0.1) is 0 Å². The van der Waals surface area contributed by atoms with Gasteiger partial charge >= 0.3 is 6.18 Å². The molecule has 0 aliphatic carbocycles. The Morgan fingerprint density at radius 2 is 2.10 bits per heavy atom. The summed E-state index contributed by atoms with van der Waals surface area (Å²) in [5.41, 5.74) is -0.321. The lowest BCUT2D eigenvalue weighted by Gasteiger charge is -2.26. The molecule has 1 aromatic rings. The molecular formula is C13H12F3NO3. The van der Waals surface area contributed by atoms with Crippen LogP contribution in [-0.2, 0) is 28.8 Å². The molecule has 2 aliphatic rings. The lowest BCUT2D eigenvalue weighted by molar-refractivity contribution is -0.139. The van der Waals surface area contributed by atoms with Crippen molar-refractivity contribution in [1.29, 1.82) is 0 Å². The summed E-state index contributed by atoms with van der Waals surface area (Å²) in [5, 5.41) is 2.41. The molecule has 1 fully saturated rings. The Labute approximate surface area is 112 Å².